The molecule has 0 aliphatic carbocycles. The number of ether oxygens (including phenoxy) is 1. The Bertz CT molecular complexity index is 1310. The number of halogens is 2. The van der Waals surface area contributed by atoms with E-state index in [0.29, 0.717) is 35.6 Å². The first kappa shape index (κ1) is 19.1. The molecular formula is C21H16F2N6O2. The minimum absolute atomic E-state index is 0.0527. The van der Waals surface area contributed by atoms with E-state index in [1.165, 1.54) is 24.4 Å². The Balaban J connectivity index is 1.42. The molecule has 3 heterocycles. The highest BCUT2D eigenvalue weighted by Crippen LogP contribution is 2.27. The summed E-state index contributed by atoms with van der Waals surface area (Å²) in [5.74, 6) is -0.931. The van der Waals surface area contributed by atoms with Crippen molar-refractivity contribution in [2.75, 3.05) is 10.6 Å². The van der Waals surface area contributed by atoms with Crippen molar-refractivity contribution in [3.63, 3.8) is 0 Å². The van der Waals surface area contributed by atoms with E-state index >= 15 is 0 Å². The fourth-order valence-corrected chi connectivity index (χ4v) is 3.46. The lowest BCUT2D eigenvalue weighted by atomic mass is 10.1. The number of carbonyl (C=O) groups is 1. The van der Waals surface area contributed by atoms with Crippen LogP contribution >= 0.6 is 0 Å². The van der Waals surface area contributed by atoms with Gasteiger partial charge >= 0.3 is 0 Å². The predicted octanol–water partition coefficient (Wildman–Crippen LogP) is 3.53. The Morgan fingerprint density at radius 1 is 1.13 bits per heavy atom. The highest BCUT2D eigenvalue weighted by molar-refractivity contribution is 6.11. The molecule has 0 fully saturated rings. The number of fused-ring (bicyclic) bond motifs is 2. The van der Waals surface area contributed by atoms with Crippen molar-refractivity contribution >= 4 is 28.6 Å². The minimum atomic E-state index is -0.569. The Morgan fingerprint density at radius 2 is 2.03 bits per heavy atom. The van der Waals surface area contributed by atoms with E-state index in [-0.39, 0.29) is 23.9 Å². The molecule has 2 aromatic carbocycles. The van der Waals surface area contributed by atoms with E-state index in [1.54, 1.807) is 12.1 Å². The van der Waals surface area contributed by atoms with Crippen LogP contribution in [-0.4, -0.2) is 26.1 Å². The third-order valence-corrected chi connectivity index (χ3v) is 4.92. The molecule has 0 saturated heterocycles. The van der Waals surface area contributed by atoms with Crippen molar-refractivity contribution in [2.45, 2.75) is 19.8 Å². The predicted molar refractivity (Wildman–Crippen MR) is 108 cm³/mol. The summed E-state index contributed by atoms with van der Waals surface area (Å²) in [7, 11) is 0. The lowest BCUT2D eigenvalue weighted by Gasteiger charge is -2.12. The van der Waals surface area contributed by atoms with Gasteiger partial charge in [-0.2, -0.15) is 10.1 Å². The minimum Gasteiger partial charge on any atom is -0.370 e. The quantitative estimate of drug-likeness (QED) is 0.455. The molecular weight excluding hydrogens is 406 g/mol. The molecule has 5 rings (SSSR count). The third-order valence-electron chi connectivity index (χ3n) is 4.92. The van der Waals surface area contributed by atoms with Crippen LogP contribution in [0.1, 0.15) is 27.2 Å². The van der Waals surface area contributed by atoms with Crippen molar-refractivity contribution < 1.29 is 18.3 Å². The molecule has 0 unspecified atom stereocenters. The van der Waals surface area contributed by atoms with Crippen LogP contribution in [-0.2, 0) is 24.5 Å². The number of benzene rings is 2. The second kappa shape index (κ2) is 7.73. The summed E-state index contributed by atoms with van der Waals surface area (Å²) in [5.41, 5.74) is 2.67. The number of H-pyrrole nitrogens is 1. The average molecular weight is 422 g/mol. The molecule has 1 amide bonds. The Labute approximate surface area is 174 Å². The van der Waals surface area contributed by atoms with Crippen LogP contribution in [0.25, 0.3) is 10.9 Å². The first-order valence-corrected chi connectivity index (χ1v) is 9.46. The molecule has 156 valence electrons. The molecule has 0 saturated carbocycles. The van der Waals surface area contributed by atoms with E-state index in [0.717, 1.165) is 17.2 Å². The Hall–Kier alpha value is -3.92. The van der Waals surface area contributed by atoms with Gasteiger partial charge in [-0.25, -0.2) is 13.8 Å². The van der Waals surface area contributed by atoms with Gasteiger partial charge in [0.15, 0.2) is 0 Å². The monoisotopic (exact) mass is 422 g/mol. The van der Waals surface area contributed by atoms with Crippen molar-refractivity contribution in [1.29, 1.82) is 0 Å². The number of aromatic nitrogens is 4. The summed E-state index contributed by atoms with van der Waals surface area (Å²) in [6.07, 6.45) is 1.45. The van der Waals surface area contributed by atoms with Gasteiger partial charge in [0, 0.05) is 17.5 Å². The highest BCUT2D eigenvalue weighted by atomic mass is 19.1. The van der Waals surface area contributed by atoms with Gasteiger partial charge < -0.3 is 10.1 Å². The number of aromatic amines is 1. The number of hydrogen-bond acceptors (Lipinski definition) is 6. The average Bonchev–Trinajstić information content (AvgIpc) is 3.40. The standard InChI is InChI=1S/C21H16F2N6O2/c22-12-3-1-2-11(4-12)7-24-19-16-9-31-10-18(16)26-21(27-19)28-20(30)14-5-13(23)6-17-15(14)8-25-29-17/h1-6,8H,7,9-10H2,(H,25,29)(H2,24,26,27,28,30). The van der Waals surface area contributed by atoms with Gasteiger partial charge in [-0.05, 0) is 29.8 Å². The highest BCUT2D eigenvalue weighted by Gasteiger charge is 2.22. The third kappa shape index (κ3) is 3.80. The van der Waals surface area contributed by atoms with Crippen molar-refractivity contribution in [1.82, 2.24) is 20.2 Å². The van der Waals surface area contributed by atoms with Gasteiger partial charge in [-0.15, -0.1) is 0 Å². The van der Waals surface area contributed by atoms with Crippen LogP contribution in [0.15, 0.2) is 42.6 Å². The van der Waals surface area contributed by atoms with E-state index in [9.17, 15) is 13.6 Å². The number of carbonyl (C=O) groups excluding carboxylic acids is 1. The summed E-state index contributed by atoms with van der Waals surface area (Å²) in [6.45, 7) is 0.935. The lowest BCUT2D eigenvalue weighted by Crippen LogP contribution is -2.17. The van der Waals surface area contributed by atoms with E-state index < -0.39 is 11.7 Å². The maximum absolute atomic E-state index is 13.9. The van der Waals surface area contributed by atoms with Crippen LogP contribution in [0, 0.1) is 11.6 Å². The molecule has 10 heteroatoms. The van der Waals surface area contributed by atoms with Crippen molar-refractivity contribution in [3.05, 3.63) is 76.6 Å². The van der Waals surface area contributed by atoms with Gasteiger partial charge in [0.25, 0.3) is 5.91 Å². The van der Waals surface area contributed by atoms with Crippen LogP contribution in [0.4, 0.5) is 20.5 Å². The molecule has 31 heavy (non-hydrogen) atoms. The molecule has 4 aromatic rings. The Morgan fingerprint density at radius 3 is 2.90 bits per heavy atom. The van der Waals surface area contributed by atoms with Crippen LogP contribution in [0.3, 0.4) is 0 Å². The number of rotatable bonds is 5. The summed E-state index contributed by atoms with van der Waals surface area (Å²) in [6, 6.07) is 8.60. The second-order valence-corrected chi connectivity index (χ2v) is 7.04. The molecule has 0 atom stereocenters. The van der Waals surface area contributed by atoms with E-state index in [2.05, 4.69) is 30.8 Å². The number of nitrogens with one attached hydrogen (secondary N) is 3. The van der Waals surface area contributed by atoms with Gasteiger partial charge in [0.2, 0.25) is 5.95 Å². The summed E-state index contributed by atoms with van der Waals surface area (Å²) in [5, 5.41) is 12.8. The Kier molecular flexibility index (Phi) is 4.75. The van der Waals surface area contributed by atoms with Crippen molar-refractivity contribution in [2.24, 2.45) is 0 Å². The molecule has 3 N–H and O–H groups in total. The molecule has 1 aliphatic rings. The topological polar surface area (TPSA) is 105 Å². The molecule has 8 nitrogen and oxygen atoms in total. The van der Waals surface area contributed by atoms with Gasteiger partial charge in [0.1, 0.15) is 17.5 Å². The first-order valence-electron chi connectivity index (χ1n) is 9.46. The van der Waals surface area contributed by atoms with Crippen LogP contribution in [0.5, 0.6) is 0 Å². The van der Waals surface area contributed by atoms with Gasteiger partial charge in [0.05, 0.1) is 36.2 Å². The zero-order chi connectivity index (χ0) is 21.4. The number of anilines is 2. The molecule has 2 aromatic heterocycles. The lowest BCUT2D eigenvalue weighted by molar-refractivity contribution is 0.102. The fraction of sp³-hybridized carbons (Fsp3) is 0.143. The summed E-state index contributed by atoms with van der Waals surface area (Å²) in [4.78, 5) is 21.6. The second-order valence-electron chi connectivity index (χ2n) is 7.04. The van der Waals surface area contributed by atoms with E-state index in [1.807, 2.05) is 0 Å². The molecule has 0 bridgehead atoms. The van der Waals surface area contributed by atoms with Gasteiger partial charge in [-0.3, -0.25) is 15.2 Å². The molecule has 0 spiro atoms. The van der Waals surface area contributed by atoms with Gasteiger partial charge in [-0.1, -0.05) is 12.1 Å². The maximum atomic E-state index is 13.9. The van der Waals surface area contributed by atoms with Crippen molar-refractivity contribution in [3.8, 4) is 0 Å². The SMILES string of the molecule is O=C(Nc1nc2c(c(NCc3cccc(F)c3)n1)COC2)c1cc(F)cc2[nH]ncc12. The largest absolute Gasteiger partial charge is 0.370 e. The van der Waals surface area contributed by atoms with E-state index in [4.69, 9.17) is 4.74 Å². The maximum Gasteiger partial charge on any atom is 0.258 e. The first-order chi connectivity index (χ1) is 15.1. The zero-order valence-corrected chi connectivity index (χ0v) is 16.1. The summed E-state index contributed by atoms with van der Waals surface area (Å²) < 4.78 is 32.8. The normalized spacial score (nSPS) is 12.7. The molecule has 1 aliphatic heterocycles. The zero-order valence-electron chi connectivity index (χ0n) is 16.1. The van der Waals surface area contributed by atoms with Crippen LogP contribution < -0.4 is 10.6 Å². The number of amides is 1. The smallest absolute Gasteiger partial charge is 0.258 e. The summed E-state index contributed by atoms with van der Waals surface area (Å²) >= 11 is 0. The number of nitrogens with zero attached hydrogens (tertiary/aromatic N) is 3. The number of hydrogen-bond donors (Lipinski definition) is 3. The molecule has 0 radical (unpaired) electrons. The van der Waals surface area contributed by atoms with Crippen LogP contribution in [0.2, 0.25) is 0 Å². The fourth-order valence-electron chi connectivity index (χ4n) is 3.46.